The molecule has 0 unspecified atom stereocenters. The first-order chi connectivity index (χ1) is 17.1. The van der Waals surface area contributed by atoms with Crippen LogP contribution in [0.4, 0.5) is 0 Å². The van der Waals surface area contributed by atoms with E-state index >= 15 is 0 Å². The Bertz CT molecular complexity index is 1540. The van der Waals surface area contributed by atoms with E-state index in [0.717, 1.165) is 44.5 Å². The van der Waals surface area contributed by atoms with Crippen LogP contribution in [0.3, 0.4) is 0 Å². The maximum absolute atomic E-state index is 13.4. The molecular formula is C29H24N4O2. The number of carbonyl (C=O) groups excluding carboxylic acids is 1. The van der Waals surface area contributed by atoms with E-state index in [-0.39, 0.29) is 5.91 Å². The average Bonchev–Trinajstić information content (AvgIpc) is 3.22. The van der Waals surface area contributed by atoms with Gasteiger partial charge < -0.3 is 9.64 Å². The van der Waals surface area contributed by atoms with Gasteiger partial charge in [-0.05, 0) is 47.5 Å². The first-order valence-electron chi connectivity index (χ1n) is 11.6. The molecule has 6 rings (SSSR count). The number of ether oxygens (including phenoxy) is 1. The predicted octanol–water partition coefficient (Wildman–Crippen LogP) is 5.34. The lowest BCUT2D eigenvalue weighted by atomic mass is 10.0. The van der Waals surface area contributed by atoms with Gasteiger partial charge >= 0.3 is 0 Å². The molecule has 1 aliphatic heterocycles. The van der Waals surface area contributed by atoms with Gasteiger partial charge in [-0.1, -0.05) is 36.4 Å². The van der Waals surface area contributed by atoms with Gasteiger partial charge in [0.05, 0.1) is 18.3 Å². The minimum atomic E-state index is -0.00281. The number of fused-ring (bicyclic) bond motifs is 2. The molecule has 0 aliphatic carbocycles. The quantitative estimate of drug-likeness (QED) is 0.365. The summed E-state index contributed by atoms with van der Waals surface area (Å²) in [6.45, 7) is 1.49. The van der Waals surface area contributed by atoms with Crippen LogP contribution >= 0.6 is 0 Å². The summed E-state index contributed by atoms with van der Waals surface area (Å²) in [6.07, 6.45) is 5.68. The summed E-state index contributed by atoms with van der Waals surface area (Å²) in [5.74, 6) is 0.821. The maximum Gasteiger partial charge on any atom is 0.254 e. The second kappa shape index (κ2) is 8.72. The number of hydrogen-bond acceptors (Lipinski definition) is 4. The lowest BCUT2D eigenvalue weighted by Gasteiger charge is -2.20. The van der Waals surface area contributed by atoms with Gasteiger partial charge in [0.1, 0.15) is 12.4 Å². The summed E-state index contributed by atoms with van der Waals surface area (Å²) in [7, 11) is 1.89. The summed E-state index contributed by atoms with van der Waals surface area (Å²) in [6, 6.07) is 24.1. The largest absolute Gasteiger partial charge is 0.491 e. The van der Waals surface area contributed by atoms with Crippen molar-refractivity contribution in [3.63, 3.8) is 0 Å². The van der Waals surface area contributed by atoms with Gasteiger partial charge in [-0.2, -0.15) is 5.10 Å². The molecule has 1 amide bonds. The summed E-state index contributed by atoms with van der Waals surface area (Å²) in [5, 5.41) is 5.32. The van der Waals surface area contributed by atoms with Gasteiger partial charge in [-0.25, -0.2) is 0 Å². The molecule has 3 aromatic carbocycles. The lowest BCUT2D eigenvalue weighted by molar-refractivity contribution is 0.0733. The monoisotopic (exact) mass is 460 g/mol. The Labute approximate surface area is 203 Å². The molecule has 172 valence electrons. The summed E-state index contributed by atoms with van der Waals surface area (Å²) in [5.41, 5.74) is 6.79. The highest BCUT2D eigenvalue weighted by atomic mass is 16.5. The normalized spacial score (nSPS) is 13.2. The molecule has 0 saturated heterocycles. The van der Waals surface area contributed by atoms with Crippen LogP contribution in [-0.4, -0.2) is 38.7 Å². The van der Waals surface area contributed by atoms with Crippen molar-refractivity contribution in [1.29, 1.82) is 0 Å². The highest BCUT2D eigenvalue weighted by Crippen LogP contribution is 2.31. The van der Waals surface area contributed by atoms with E-state index in [9.17, 15) is 4.79 Å². The van der Waals surface area contributed by atoms with Gasteiger partial charge in [-0.15, -0.1) is 0 Å². The molecule has 0 N–H and O–H groups in total. The van der Waals surface area contributed by atoms with Crippen molar-refractivity contribution in [1.82, 2.24) is 19.7 Å². The molecule has 6 heteroatoms. The molecule has 0 spiro atoms. The fourth-order valence-electron chi connectivity index (χ4n) is 4.53. The number of benzene rings is 3. The van der Waals surface area contributed by atoms with Crippen LogP contribution in [0.1, 0.15) is 15.9 Å². The van der Waals surface area contributed by atoms with Gasteiger partial charge in [0.25, 0.3) is 5.91 Å². The van der Waals surface area contributed by atoms with E-state index in [0.29, 0.717) is 25.3 Å². The average molecular weight is 461 g/mol. The topological polar surface area (TPSA) is 60.2 Å². The SMILES string of the molecule is Cn1cc(-c2ccc(C(=O)N3CCOc4ccc(-c5cnc6ccccc6c5)cc4C3)cc2)cn1. The number of pyridine rings is 1. The van der Waals surface area contributed by atoms with Crippen LogP contribution in [0.25, 0.3) is 33.2 Å². The van der Waals surface area contributed by atoms with Gasteiger partial charge in [-0.3, -0.25) is 14.5 Å². The van der Waals surface area contributed by atoms with Gasteiger partial charge in [0.2, 0.25) is 0 Å². The van der Waals surface area contributed by atoms with Gasteiger partial charge in [0.15, 0.2) is 0 Å². The second-order valence-corrected chi connectivity index (χ2v) is 8.79. The summed E-state index contributed by atoms with van der Waals surface area (Å²) >= 11 is 0. The Morgan fingerprint density at radius 1 is 0.886 bits per heavy atom. The minimum Gasteiger partial charge on any atom is -0.491 e. The third-order valence-corrected chi connectivity index (χ3v) is 6.42. The van der Waals surface area contributed by atoms with Crippen molar-refractivity contribution in [2.75, 3.05) is 13.2 Å². The van der Waals surface area contributed by atoms with Gasteiger partial charge in [0, 0.05) is 53.6 Å². The highest BCUT2D eigenvalue weighted by Gasteiger charge is 2.22. The van der Waals surface area contributed by atoms with E-state index in [1.165, 1.54) is 0 Å². The van der Waals surface area contributed by atoms with E-state index in [1.54, 1.807) is 4.68 Å². The lowest BCUT2D eigenvalue weighted by Crippen LogP contribution is -2.32. The van der Waals surface area contributed by atoms with Crippen molar-refractivity contribution >= 4 is 16.8 Å². The number of para-hydroxylation sites is 1. The number of rotatable bonds is 3. The number of carbonyl (C=O) groups is 1. The van der Waals surface area contributed by atoms with Crippen LogP contribution < -0.4 is 4.74 Å². The van der Waals surface area contributed by atoms with Crippen molar-refractivity contribution in [2.45, 2.75) is 6.54 Å². The molecule has 3 heterocycles. The summed E-state index contributed by atoms with van der Waals surface area (Å²) in [4.78, 5) is 19.8. The van der Waals surface area contributed by atoms with Crippen LogP contribution in [0.15, 0.2) is 91.4 Å². The number of aromatic nitrogens is 3. The predicted molar refractivity (Wildman–Crippen MR) is 136 cm³/mol. The first-order valence-corrected chi connectivity index (χ1v) is 11.6. The Hall–Kier alpha value is -4.45. The standard InChI is InChI=1S/C29H24N4O2/c1-32-18-26(17-31-32)20-6-8-21(9-7-20)29(34)33-12-13-35-28-11-10-22(14-25(28)19-33)24-15-23-4-2-3-5-27(23)30-16-24/h2-11,14-18H,12-13,19H2,1H3. The van der Waals surface area contributed by atoms with E-state index in [1.807, 2.05) is 79.1 Å². The molecule has 6 nitrogen and oxygen atoms in total. The van der Waals surface area contributed by atoms with Crippen molar-refractivity contribution in [2.24, 2.45) is 7.05 Å². The molecule has 1 aliphatic rings. The fourth-order valence-corrected chi connectivity index (χ4v) is 4.53. The molecule has 0 atom stereocenters. The molecule has 5 aromatic rings. The smallest absolute Gasteiger partial charge is 0.254 e. The van der Waals surface area contributed by atoms with E-state index < -0.39 is 0 Å². The molecule has 0 saturated carbocycles. The molecule has 2 aromatic heterocycles. The zero-order chi connectivity index (χ0) is 23.8. The molecular weight excluding hydrogens is 436 g/mol. The van der Waals surface area contributed by atoms with E-state index in [4.69, 9.17) is 4.74 Å². The number of amides is 1. The Balaban J connectivity index is 1.26. The third-order valence-electron chi connectivity index (χ3n) is 6.42. The van der Waals surface area contributed by atoms with Crippen molar-refractivity contribution in [3.8, 4) is 28.0 Å². The number of hydrogen-bond donors (Lipinski definition) is 0. The zero-order valence-corrected chi connectivity index (χ0v) is 19.4. The maximum atomic E-state index is 13.4. The van der Waals surface area contributed by atoms with Crippen LogP contribution in [0, 0.1) is 0 Å². The number of nitrogens with zero attached hydrogens (tertiary/aromatic N) is 4. The molecule has 0 radical (unpaired) electrons. The molecule has 0 fully saturated rings. The fraction of sp³-hybridized carbons (Fsp3) is 0.138. The van der Waals surface area contributed by atoms with Crippen LogP contribution in [-0.2, 0) is 13.6 Å². The Morgan fingerprint density at radius 3 is 2.54 bits per heavy atom. The van der Waals surface area contributed by atoms with Crippen molar-refractivity contribution in [3.05, 3.63) is 103 Å². The number of aryl methyl sites for hydroxylation is 1. The first kappa shape index (κ1) is 21.1. The van der Waals surface area contributed by atoms with Crippen LogP contribution in [0.5, 0.6) is 5.75 Å². The second-order valence-electron chi connectivity index (χ2n) is 8.79. The summed E-state index contributed by atoms with van der Waals surface area (Å²) < 4.78 is 7.76. The zero-order valence-electron chi connectivity index (χ0n) is 19.4. The third kappa shape index (κ3) is 4.15. The van der Waals surface area contributed by atoms with Crippen molar-refractivity contribution < 1.29 is 9.53 Å². The molecule has 0 bridgehead atoms. The minimum absolute atomic E-state index is 0.00281. The highest BCUT2D eigenvalue weighted by molar-refractivity contribution is 5.95. The Morgan fingerprint density at radius 2 is 1.71 bits per heavy atom. The van der Waals surface area contributed by atoms with Crippen LogP contribution in [0.2, 0.25) is 0 Å². The Kier molecular flexibility index (Phi) is 5.26. The molecule has 35 heavy (non-hydrogen) atoms. The van der Waals surface area contributed by atoms with E-state index in [2.05, 4.69) is 34.3 Å².